The summed E-state index contributed by atoms with van der Waals surface area (Å²) in [5, 5.41) is 11.5. The third-order valence-corrected chi connectivity index (χ3v) is 4.43. The van der Waals surface area contributed by atoms with Gasteiger partial charge >= 0.3 is 0 Å². The molecule has 23 heavy (non-hydrogen) atoms. The Morgan fingerprint density at radius 1 is 0.826 bits per heavy atom. The molecular weight excluding hydrogens is 278 g/mol. The summed E-state index contributed by atoms with van der Waals surface area (Å²) in [6, 6.07) is 21.1. The lowest BCUT2D eigenvalue weighted by Crippen LogP contribution is -2.11. The standard InChI is InChI=1S/C22H21N/c1-15-13-17(22(2,3)4)11-12-18(15)20-10-6-8-19-16(14-23)7-5-9-21(19)20/h5-13H,1-4H3. The summed E-state index contributed by atoms with van der Waals surface area (Å²) in [6.45, 7) is 8.87. The van der Waals surface area contributed by atoms with Crippen molar-refractivity contribution >= 4 is 10.8 Å². The van der Waals surface area contributed by atoms with Crippen LogP contribution in [0.25, 0.3) is 21.9 Å². The predicted molar refractivity (Wildman–Crippen MR) is 97.5 cm³/mol. The van der Waals surface area contributed by atoms with Gasteiger partial charge in [-0.25, -0.2) is 0 Å². The highest BCUT2D eigenvalue weighted by Crippen LogP contribution is 2.34. The zero-order valence-corrected chi connectivity index (χ0v) is 14.1. The molecule has 0 unspecified atom stereocenters. The van der Waals surface area contributed by atoms with Crippen molar-refractivity contribution in [2.75, 3.05) is 0 Å². The Hall–Kier alpha value is -2.59. The van der Waals surface area contributed by atoms with Gasteiger partial charge in [-0.2, -0.15) is 5.26 Å². The highest BCUT2D eigenvalue weighted by atomic mass is 14.2. The molecule has 3 rings (SSSR count). The van der Waals surface area contributed by atoms with E-state index in [-0.39, 0.29) is 5.41 Å². The summed E-state index contributed by atoms with van der Waals surface area (Å²) in [5.41, 5.74) is 5.92. The Labute approximate surface area is 138 Å². The molecule has 0 aromatic heterocycles. The van der Waals surface area contributed by atoms with Gasteiger partial charge in [-0.1, -0.05) is 69.3 Å². The van der Waals surface area contributed by atoms with Gasteiger partial charge in [-0.05, 0) is 46.0 Å². The lowest BCUT2D eigenvalue weighted by molar-refractivity contribution is 0.590. The number of hydrogen-bond acceptors (Lipinski definition) is 1. The minimum absolute atomic E-state index is 0.149. The number of benzene rings is 3. The number of nitriles is 1. The van der Waals surface area contributed by atoms with E-state index in [0.29, 0.717) is 0 Å². The van der Waals surface area contributed by atoms with Crippen molar-refractivity contribution in [1.82, 2.24) is 0 Å². The lowest BCUT2D eigenvalue weighted by atomic mass is 9.84. The van der Waals surface area contributed by atoms with E-state index < -0.39 is 0 Å². The molecule has 1 heteroatoms. The monoisotopic (exact) mass is 299 g/mol. The van der Waals surface area contributed by atoms with Gasteiger partial charge in [0.25, 0.3) is 0 Å². The molecule has 0 N–H and O–H groups in total. The minimum Gasteiger partial charge on any atom is -0.192 e. The molecule has 0 atom stereocenters. The van der Waals surface area contributed by atoms with E-state index >= 15 is 0 Å². The first-order chi connectivity index (χ1) is 10.9. The maximum Gasteiger partial charge on any atom is 0.0998 e. The van der Waals surface area contributed by atoms with E-state index in [1.165, 1.54) is 22.3 Å². The summed E-state index contributed by atoms with van der Waals surface area (Å²) in [5.74, 6) is 0. The molecule has 0 aliphatic carbocycles. The van der Waals surface area contributed by atoms with Crippen LogP contribution in [0.3, 0.4) is 0 Å². The summed E-state index contributed by atoms with van der Waals surface area (Å²) >= 11 is 0. The SMILES string of the molecule is Cc1cc(C(C)(C)C)ccc1-c1cccc2c(C#N)cccc12. The summed E-state index contributed by atoms with van der Waals surface area (Å²) in [4.78, 5) is 0. The van der Waals surface area contributed by atoms with Gasteiger partial charge in [-0.15, -0.1) is 0 Å². The second kappa shape index (κ2) is 5.56. The fourth-order valence-electron chi connectivity index (χ4n) is 3.07. The van der Waals surface area contributed by atoms with E-state index in [1.807, 2.05) is 24.3 Å². The van der Waals surface area contributed by atoms with Gasteiger partial charge in [-0.3, -0.25) is 0 Å². The first-order valence-corrected chi connectivity index (χ1v) is 7.95. The molecule has 0 aliphatic heterocycles. The molecule has 0 heterocycles. The topological polar surface area (TPSA) is 23.8 Å². The molecule has 0 radical (unpaired) electrons. The Kier molecular flexibility index (Phi) is 3.70. The van der Waals surface area contributed by atoms with Crippen LogP contribution in [-0.4, -0.2) is 0 Å². The average Bonchev–Trinajstić information content (AvgIpc) is 2.53. The lowest BCUT2D eigenvalue weighted by Gasteiger charge is -2.21. The van der Waals surface area contributed by atoms with Gasteiger partial charge < -0.3 is 0 Å². The molecule has 3 aromatic carbocycles. The number of hydrogen-bond donors (Lipinski definition) is 0. The third-order valence-electron chi connectivity index (χ3n) is 4.43. The number of aryl methyl sites for hydroxylation is 1. The smallest absolute Gasteiger partial charge is 0.0998 e. The fourth-order valence-corrected chi connectivity index (χ4v) is 3.07. The largest absolute Gasteiger partial charge is 0.192 e. The predicted octanol–water partition coefficient (Wildman–Crippen LogP) is 5.98. The Balaban J connectivity index is 2.24. The Morgan fingerprint density at radius 3 is 2.17 bits per heavy atom. The Morgan fingerprint density at radius 2 is 1.52 bits per heavy atom. The van der Waals surface area contributed by atoms with E-state index in [1.54, 1.807) is 0 Å². The minimum atomic E-state index is 0.149. The van der Waals surface area contributed by atoms with Gasteiger partial charge in [0, 0.05) is 5.39 Å². The first-order valence-electron chi connectivity index (χ1n) is 7.95. The zero-order chi connectivity index (χ0) is 16.6. The van der Waals surface area contributed by atoms with Crippen molar-refractivity contribution < 1.29 is 0 Å². The van der Waals surface area contributed by atoms with E-state index in [4.69, 9.17) is 0 Å². The van der Waals surface area contributed by atoms with Gasteiger partial charge in [0.05, 0.1) is 11.6 Å². The van der Waals surface area contributed by atoms with Crippen molar-refractivity contribution in [3.63, 3.8) is 0 Å². The quantitative estimate of drug-likeness (QED) is 0.542. The second-order valence-electron chi connectivity index (χ2n) is 7.10. The van der Waals surface area contributed by atoms with Crippen molar-refractivity contribution in [3.05, 3.63) is 71.3 Å². The van der Waals surface area contributed by atoms with Crippen molar-refractivity contribution in [3.8, 4) is 17.2 Å². The highest BCUT2D eigenvalue weighted by molar-refractivity contribution is 6.00. The highest BCUT2D eigenvalue weighted by Gasteiger charge is 2.15. The van der Waals surface area contributed by atoms with E-state index in [2.05, 4.69) is 64.1 Å². The van der Waals surface area contributed by atoms with Crippen LogP contribution in [0.1, 0.15) is 37.5 Å². The van der Waals surface area contributed by atoms with Crippen molar-refractivity contribution in [2.24, 2.45) is 0 Å². The molecule has 0 saturated heterocycles. The summed E-state index contributed by atoms with van der Waals surface area (Å²) in [7, 11) is 0. The van der Waals surface area contributed by atoms with E-state index in [0.717, 1.165) is 16.3 Å². The van der Waals surface area contributed by atoms with Gasteiger partial charge in [0.2, 0.25) is 0 Å². The number of fused-ring (bicyclic) bond motifs is 1. The van der Waals surface area contributed by atoms with Gasteiger partial charge in [0.15, 0.2) is 0 Å². The molecular formula is C22H21N. The van der Waals surface area contributed by atoms with Crippen LogP contribution in [0, 0.1) is 18.3 Å². The van der Waals surface area contributed by atoms with Crippen LogP contribution in [-0.2, 0) is 5.41 Å². The number of rotatable bonds is 1. The zero-order valence-electron chi connectivity index (χ0n) is 14.1. The normalized spacial score (nSPS) is 11.4. The maximum absolute atomic E-state index is 9.33. The van der Waals surface area contributed by atoms with Crippen LogP contribution in [0.5, 0.6) is 0 Å². The van der Waals surface area contributed by atoms with Crippen LogP contribution >= 0.6 is 0 Å². The molecule has 0 fully saturated rings. The molecule has 3 aromatic rings. The molecule has 0 saturated carbocycles. The summed E-state index contributed by atoms with van der Waals surface area (Å²) < 4.78 is 0. The molecule has 0 aliphatic rings. The van der Waals surface area contributed by atoms with Crippen molar-refractivity contribution in [1.29, 1.82) is 5.26 Å². The van der Waals surface area contributed by atoms with Crippen LogP contribution in [0.15, 0.2) is 54.6 Å². The third kappa shape index (κ3) is 2.73. The molecule has 114 valence electrons. The van der Waals surface area contributed by atoms with Gasteiger partial charge in [0.1, 0.15) is 0 Å². The maximum atomic E-state index is 9.33. The second-order valence-corrected chi connectivity index (χ2v) is 7.10. The molecule has 0 spiro atoms. The summed E-state index contributed by atoms with van der Waals surface area (Å²) in [6.07, 6.45) is 0. The van der Waals surface area contributed by atoms with Crippen LogP contribution in [0.4, 0.5) is 0 Å². The first kappa shape index (κ1) is 15.3. The molecule has 0 amide bonds. The Bertz CT molecular complexity index is 921. The van der Waals surface area contributed by atoms with Crippen LogP contribution in [0.2, 0.25) is 0 Å². The van der Waals surface area contributed by atoms with Crippen molar-refractivity contribution in [2.45, 2.75) is 33.1 Å². The fraction of sp³-hybridized carbons (Fsp3) is 0.227. The van der Waals surface area contributed by atoms with E-state index in [9.17, 15) is 5.26 Å². The molecule has 1 nitrogen and oxygen atoms in total. The average molecular weight is 299 g/mol. The molecule has 0 bridgehead atoms. The number of nitrogens with zero attached hydrogens (tertiary/aromatic N) is 1. The van der Waals surface area contributed by atoms with Crippen LogP contribution < -0.4 is 0 Å².